The Morgan fingerprint density at radius 1 is 1.25 bits per heavy atom. The third-order valence-electron chi connectivity index (χ3n) is 4.88. The van der Waals surface area contributed by atoms with E-state index in [1.165, 1.54) is 4.90 Å². The quantitative estimate of drug-likeness (QED) is 0.576. The van der Waals surface area contributed by atoms with Crippen LogP contribution < -0.4 is 5.32 Å². The van der Waals surface area contributed by atoms with E-state index in [2.05, 4.69) is 5.32 Å². The van der Waals surface area contributed by atoms with Crippen LogP contribution >= 0.6 is 0 Å². The van der Waals surface area contributed by atoms with Gasteiger partial charge in [-0.15, -0.1) is 0 Å². The topological polar surface area (TPSA) is 74.5 Å². The smallest absolute Gasteiger partial charge is 0.325 e. The summed E-state index contributed by atoms with van der Waals surface area (Å²) < 4.78 is 10.7. The molecule has 0 bridgehead atoms. The van der Waals surface area contributed by atoms with E-state index in [0.29, 0.717) is 19.8 Å². The number of urea groups is 1. The van der Waals surface area contributed by atoms with E-state index < -0.39 is 5.54 Å². The summed E-state index contributed by atoms with van der Waals surface area (Å²) in [6.07, 6.45) is 0.877. The molecule has 6 nitrogen and oxygen atoms in total. The van der Waals surface area contributed by atoms with Crippen LogP contribution in [0.2, 0.25) is 0 Å². The van der Waals surface area contributed by atoms with Crippen molar-refractivity contribution in [3.63, 3.8) is 0 Å². The van der Waals surface area contributed by atoms with E-state index in [1.54, 1.807) is 0 Å². The second-order valence-electron chi connectivity index (χ2n) is 6.08. The van der Waals surface area contributed by atoms with Crippen molar-refractivity contribution in [3.8, 4) is 0 Å². The fourth-order valence-electron chi connectivity index (χ4n) is 3.35. The molecule has 3 heterocycles. The first-order valence-electron chi connectivity index (χ1n) is 7.39. The normalized spacial score (nSPS) is 38.6. The molecule has 0 aromatic heterocycles. The van der Waals surface area contributed by atoms with Gasteiger partial charge in [0.05, 0.1) is 25.4 Å². The summed E-state index contributed by atoms with van der Waals surface area (Å²) in [6, 6.07) is -0.281. The molecule has 1 N–H and O–H groups in total. The highest BCUT2D eigenvalue weighted by molar-refractivity contribution is 6.07. The first-order valence-corrected chi connectivity index (χ1v) is 7.39. The molecule has 0 radical (unpaired) electrons. The van der Waals surface area contributed by atoms with E-state index in [0.717, 1.165) is 6.42 Å². The Hall–Kier alpha value is -1.14. The number of hydrogen-bond acceptors (Lipinski definition) is 4. The Kier molecular flexibility index (Phi) is 3.25. The molecule has 0 saturated carbocycles. The Bertz CT molecular complexity index is 413. The number of imide groups is 1. The van der Waals surface area contributed by atoms with Crippen molar-refractivity contribution < 1.29 is 19.1 Å². The van der Waals surface area contributed by atoms with Crippen LogP contribution in [0.4, 0.5) is 4.79 Å². The standard InChI is InChI=1S/C14H22N2O4/c1-4-5-16-12(17)14(15-13(16)18,8(2)10-6-19-10)9(3)11-7-20-11/h8-11H,4-7H2,1-3H3,(H,15,18). The van der Waals surface area contributed by atoms with Gasteiger partial charge in [-0.05, 0) is 6.42 Å². The average molecular weight is 282 g/mol. The second kappa shape index (κ2) is 4.70. The SMILES string of the molecule is CCCN1C(=O)NC(C(C)C2CO2)(C(C)C2CO2)C1=O. The minimum absolute atomic E-state index is 0.0417. The van der Waals surface area contributed by atoms with E-state index in [-0.39, 0.29) is 36.0 Å². The lowest BCUT2D eigenvalue weighted by Gasteiger charge is -2.37. The molecule has 0 aliphatic carbocycles. The van der Waals surface area contributed by atoms with E-state index >= 15 is 0 Å². The van der Waals surface area contributed by atoms with Crippen LogP contribution in [-0.4, -0.2) is 54.3 Å². The summed E-state index contributed by atoms with van der Waals surface area (Å²) in [4.78, 5) is 26.4. The maximum absolute atomic E-state index is 12.9. The monoisotopic (exact) mass is 282 g/mol. The number of carbonyl (C=O) groups is 2. The van der Waals surface area contributed by atoms with Crippen molar-refractivity contribution in [1.82, 2.24) is 10.2 Å². The largest absolute Gasteiger partial charge is 0.373 e. The zero-order valence-electron chi connectivity index (χ0n) is 12.2. The highest BCUT2D eigenvalue weighted by Crippen LogP contribution is 2.43. The maximum atomic E-state index is 12.9. The van der Waals surface area contributed by atoms with Gasteiger partial charge in [-0.1, -0.05) is 20.8 Å². The van der Waals surface area contributed by atoms with Gasteiger partial charge < -0.3 is 14.8 Å². The maximum Gasteiger partial charge on any atom is 0.325 e. The molecule has 3 aliphatic heterocycles. The summed E-state index contributed by atoms with van der Waals surface area (Å²) in [6.45, 7) is 7.73. The van der Waals surface area contributed by atoms with Crippen molar-refractivity contribution in [3.05, 3.63) is 0 Å². The Morgan fingerprint density at radius 2 is 1.75 bits per heavy atom. The van der Waals surface area contributed by atoms with Gasteiger partial charge in [0.25, 0.3) is 5.91 Å². The summed E-state index contributed by atoms with van der Waals surface area (Å²) in [5, 5.41) is 2.97. The zero-order chi connectivity index (χ0) is 14.5. The van der Waals surface area contributed by atoms with Crippen LogP contribution in [0.1, 0.15) is 27.2 Å². The third kappa shape index (κ3) is 1.93. The fourth-order valence-corrected chi connectivity index (χ4v) is 3.35. The van der Waals surface area contributed by atoms with Crippen molar-refractivity contribution in [1.29, 1.82) is 0 Å². The van der Waals surface area contributed by atoms with Gasteiger partial charge in [-0.25, -0.2) is 4.79 Å². The van der Waals surface area contributed by atoms with Crippen LogP contribution in [0.25, 0.3) is 0 Å². The van der Waals surface area contributed by atoms with Crippen LogP contribution in [0, 0.1) is 11.8 Å². The van der Waals surface area contributed by atoms with Gasteiger partial charge in [0, 0.05) is 18.4 Å². The molecule has 4 unspecified atom stereocenters. The summed E-state index contributed by atoms with van der Waals surface area (Å²) in [5.41, 5.74) is -0.880. The molecule has 3 rings (SSSR count). The molecule has 3 saturated heterocycles. The Labute approximate surface area is 118 Å². The molecular formula is C14H22N2O4. The molecule has 6 heteroatoms. The summed E-state index contributed by atoms with van der Waals surface area (Å²) in [7, 11) is 0. The number of nitrogens with one attached hydrogen (secondary N) is 1. The first kappa shape index (κ1) is 13.8. The average Bonchev–Trinajstić information content (AvgIpc) is 3.30. The summed E-state index contributed by atoms with van der Waals surface area (Å²) >= 11 is 0. The van der Waals surface area contributed by atoms with E-state index in [4.69, 9.17) is 9.47 Å². The van der Waals surface area contributed by atoms with Crippen LogP contribution in [-0.2, 0) is 14.3 Å². The predicted octanol–water partition coefficient (Wildman–Crippen LogP) is 0.757. The molecular weight excluding hydrogens is 260 g/mol. The minimum atomic E-state index is -0.880. The lowest BCUT2D eigenvalue weighted by Crippen LogP contribution is -2.60. The molecule has 3 amide bonds. The third-order valence-corrected chi connectivity index (χ3v) is 4.88. The van der Waals surface area contributed by atoms with E-state index in [1.807, 2.05) is 20.8 Å². The molecule has 0 spiro atoms. The highest BCUT2D eigenvalue weighted by Gasteiger charge is 2.63. The Balaban J connectivity index is 1.93. The Morgan fingerprint density at radius 3 is 2.15 bits per heavy atom. The molecule has 3 aliphatic rings. The zero-order valence-corrected chi connectivity index (χ0v) is 12.2. The number of nitrogens with zero attached hydrogens (tertiary/aromatic N) is 1. The van der Waals surface area contributed by atoms with Crippen LogP contribution in [0.5, 0.6) is 0 Å². The van der Waals surface area contributed by atoms with Crippen LogP contribution in [0.3, 0.4) is 0 Å². The first-order chi connectivity index (χ1) is 9.52. The lowest BCUT2D eigenvalue weighted by molar-refractivity contribution is -0.136. The van der Waals surface area contributed by atoms with Gasteiger partial charge >= 0.3 is 6.03 Å². The molecule has 0 aromatic rings. The molecule has 3 fully saturated rings. The molecule has 20 heavy (non-hydrogen) atoms. The van der Waals surface area contributed by atoms with E-state index in [9.17, 15) is 9.59 Å². The number of epoxide rings is 2. The number of carbonyl (C=O) groups excluding carboxylic acids is 2. The van der Waals surface area contributed by atoms with Gasteiger partial charge in [0.1, 0.15) is 5.54 Å². The number of hydrogen-bond donors (Lipinski definition) is 1. The van der Waals surface area contributed by atoms with Gasteiger partial charge in [0.2, 0.25) is 0 Å². The van der Waals surface area contributed by atoms with Crippen molar-refractivity contribution >= 4 is 11.9 Å². The molecule has 4 atom stereocenters. The predicted molar refractivity (Wildman–Crippen MR) is 71.1 cm³/mol. The number of ether oxygens (including phenoxy) is 2. The van der Waals surface area contributed by atoms with Gasteiger partial charge in [-0.2, -0.15) is 0 Å². The number of amides is 3. The number of rotatable bonds is 6. The van der Waals surface area contributed by atoms with Crippen LogP contribution in [0.15, 0.2) is 0 Å². The molecule has 0 aromatic carbocycles. The van der Waals surface area contributed by atoms with Crippen molar-refractivity contribution in [2.75, 3.05) is 19.8 Å². The molecule has 112 valence electrons. The lowest BCUT2D eigenvalue weighted by atomic mass is 9.72. The van der Waals surface area contributed by atoms with Crippen molar-refractivity contribution in [2.45, 2.75) is 44.9 Å². The minimum Gasteiger partial charge on any atom is -0.373 e. The van der Waals surface area contributed by atoms with Gasteiger partial charge in [0.15, 0.2) is 0 Å². The second-order valence-corrected chi connectivity index (χ2v) is 6.08. The summed E-state index contributed by atoms with van der Waals surface area (Å²) in [5.74, 6) is -0.199. The highest BCUT2D eigenvalue weighted by atomic mass is 16.6. The fraction of sp³-hybridized carbons (Fsp3) is 0.857. The van der Waals surface area contributed by atoms with Crippen molar-refractivity contribution in [2.24, 2.45) is 11.8 Å². The van der Waals surface area contributed by atoms with Gasteiger partial charge in [-0.3, -0.25) is 9.69 Å².